The van der Waals surface area contributed by atoms with Gasteiger partial charge in [0.05, 0.1) is 16.5 Å². The predicted molar refractivity (Wildman–Crippen MR) is 101 cm³/mol. The lowest BCUT2D eigenvalue weighted by molar-refractivity contribution is 0.0558. The van der Waals surface area contributed by atoms with Crippen LogP contribution in [-0.2, 0) is 10.0 Å². The zero-order valence-corrected chi connectivity index (χ0v) is 15.9. The molecule has 1 fully saturated rings. The monoisotopic (exact) mass is 383 g/mol. The van der Waals surface area contributed by atoms with Gasteiger partial charge in [0.2, 0.25) is 10.0 Å². The molecule has 1 saturated heterocycles. The van der Waals surface area contributed by atoms with Crippen molar-refractivity contribution in [1.29, 1.82) is 5.26 Å². The first-order valence-electron chi connectivity index (χ1n) is 8.83. The van der Waals surface area contributed by atoms with Gasteiger partial charge in [0.1, 0.15) is 0 Å². The van der Waals surface area contributed by atoms with Crippen LogP contribution in [0.15, 0.2) is 59.5 Å². The van der Waals surface area contributed by atoms with Gasteiger partial charge in [-0.1, -0.05) is 25.1 Å². The maximum absolute atomic E-state index is 12.9. The third kappa shape index (κ3) is 3.87. The molecule has 2 aromatic rings. The summed E-state index contributed by atoms with van der Waals surface area (Å²) in [6.07, 6.45) is 0.665. The van der Waals surface area contributed by atoms with E-state index in [0.717, 1.165) is 0 Å². The Morgan fingerprint density at radius 2 is 1.78 bits per heavy atom. The molecule has 1 aliphatic heterocycles. The van der Waals surface area contributed by atoms with E-state index in [0.29, 0.717) is 24.1 Å². The van der Waals surface area contributed by atoms with E-state index in [1.807, 2.05) is 31.2 Å². The normalized spacial score (nSPS) is 18.1. The van der Waals surface area contributed by atoms with Crippen molar-refractivity contribution >= 4 is 15.9 Å². The van der Waals surface area contributed by atoms with Crippen LogP contribution in [0.25, 0.3) is 0 Å². The second-order valence-electron chi connectivity index (χ2n) is 6.43. The lowest BCUT2D eigenvalue weighted by atomic mass is 10.1. The molecule has 0 aromatic heterocycles. The Labute approximate surface area is 159 Å². The molecule has 3 rings (SSSR count). The topological polar surface area (TPSA) is 81.5 Å². The number of amides is 1. The van der Waals surface area contributed by atoms with Crippen LogP contribution in [0.1, 0.15) is 29.3 Å². The smallest absolute Gasteiger partial charge is 0.254 e. The lowest BCUT2D eigenvalue weighted by Gasteiger charge is -2.40. The molecule has 0 spiro atoms. The molecule has 27 heavy (non-hydrogen) atoms. The van der Waals surface area contributed by atoms with Crippen LogP contribution in [0, 0.1) is 11.3 Å². The van der Waals surface area contributed by atoms with Gasteiger partial charge in [-0.25, -0.2) is 8.42 Å². The largest absolute Gasteiger partial charge is 0.333 e. The summed E-state index contributed by atoms with van der Waals surface area (Å²) in [6, 6.07) is 16.8. The van der Waals surface area contributed by atoms with E-state index < -0.39 is 10.0 Å². The lowest BCUT2D eigenvalue weighted by Crippen LogP contribution is -2.56. The molecule has 0 bridgehead atoms. The highest BCUT2D eigenvalue weighted by atomic mass is 32.2. The Balaban J connectivity index is 1.79. The minimum absolute atomic E-state index is 0.0714. The Bertz CT molecular complexity index is 950. The van der Waals surface area contributed by atoms with Gasteiger partial charge in [-0.2, -0.15) is 9.57 Å². The van der Waals surface area contributed by atoms with Crippen LogP contribution in [0.5, 0.6) is 0 Å². The second-order valence-corrected chi connectivity index (χ2v) is 8.36. The van der Waals surface area contributed by atoms with Gasteiger partial charge in [0, 0.05) is 31.2 Å². The third-order valence-electron chi connectivity index (χ3n) is 4.82. The standard InChI is InChI=1S/C20H21N3O3S/c1-2-18-15-22(27(25,26)19-10-8-16(14-21)9-11-19)12-13-23(18)20(24)17-6-4-3-5-7-17/h3-11,18H,2,12-13,15H2,1H3. The number of rotatable bonds is 4. The van der Waals surface area contributed by atoms with Gasteiger partial charge in [-0.3, -0.25) is 4.79 Å². The van der Waals surface area contributed by atoms with E-state index in [-0.39, 0.29) is 29.9 Å². The van der Waals surface area contributed by atoms with E-state index >= 15 is 0 Å². The first-order chi connectivity index (χ1) is 13.0. The predicted octanol–water partition coefficient (Wildman–Crippen LogP) is 2.48. The van der Waals surface area contributed by atoms with Crippen LogP contribution in [-0.4, -0.2) is 49.2 Å². The minimum atomic E-state index is -3.66. The number of benzene rings is 2. The highest BCUT2D eigenvalue weighted by Gasteiger charge is 2.35. The average molecular weight is 383 g/mol. The molecular weight excluding hydrogens is 362 g/mol. The van der Waals surface area contributed by atoms with Crippen LogP contribution >= 0.6 is 0 Å². The van der Waals surface area contributed by atoms with Gasteiger partial charge < -0.3 is 4.90 Å². The maximum atomic E-state index is 12.9. The summed E-state index contributed by atoms with van der Waals surface area (Å²) < 4.78 is 27.3. The SMILES string of the molecule is CCC1CN(S(=O)(=O)c2ccc(C#N)cc2)CCN1C(=O)c1ccccc1. The molecule has 0 saturated carbocycles. The van der Waals surface area contributed by atoms with E-state index in [4.69, 9.17) is 5.26 Å². The summed E-state index contributed by atoms with van der Waals surface area (Å²) in [5.41, 5.74) is 1.03. The highest BCUT2D eigenvalue weighted by molar-refractivity contribution is 7.89. The molecule has 0 radical (unpaired) electrons. The number of sulfonamides is 1. The van der Waals surface area contributed by atoms with E-state index in [1.54, 1.807) is 17.0 Å². The molecule has 1 heterocycles. The number of hydrogen-bond acceptors (Lipinski definition) is 4. The molecule has 1 aliphatic rings. The van der Waals surface area contributed by atoms with Crippen molar-refractivity contribution in [3.63, 3.8) is 0 Å². The number of carbonyl (C=O) groups excluding carboxylic acids is 1. The van der Waals surface area contributed by atoms with Gasteiger partial charge in [-0.05, 0) is 42.8 Å². The van der Waals surface area contributed by atoms with Crippen LogP contribution in [0.4, 0.5) is 0 Å². The summed E-state index contributed by atoms with van der Waals surface area (Å²) in [5.74, 6) is -0.0714. The molecule has 2 aromatic carbocycles. The van der Waals surface area contributed by atoms with Crippen molar-refractivity contribution < 1.29 is 13.2 Å². The first-order valence-corrected chi connectivity index (χ1v) is 10.3. The third-order valence-corrected chi connectivity index (χ3v) is 6.70. The van der Waals surface area contributed by atoms with Crippen molar-refractivity contribution in [1.82, 2.24) is 9.21 Å². The minimum Gasteiger partial charge on any atom is -0.333 e. The molecular formula is C20H21N3O3S. The molecule has 7 heteroatoms. The van der Waals surface area contributed by atoms with Crippen molar-refractivity contribution in [2.45, 2.75) is 24.3 Å². The maximum Gasteiger partial charge on any atom is 0.254 e. The van der Waals surface area contributed by atoms with Crippen LogP contribution in [0.2, 0.25) is 0 Å². The number of hydrogen-bond donors (Lipinski definition) is 0. The molecule has 0 aliphatic carbocycles. The fourth-order valence-electron chi connectivity index (χ4n) is 3.26. The van der Waals surface area contributed by atoms with Crippen LogP contribution < -0.4 is 0 Å². The average Bonchev–Trinajstić information content (AvgIpc) is 2.73. The van der Waals surface area contributed by atoms with Crippen molar-refractivity contribution in [2.75, 3.05) is 19.6 Å². The molecule has 6 nitrogen and oxygen atoms in total. The molecule has 1 amide bonds. The van der Waals surface area contributed by atoms with Gasteiger partial charge in [-0.15, -0.1) is 0 Å². The quantitative estimate of drug-likeness (QED) is 0.812. The highest BCUT2D eigenvalue weighted by Crippen LogP contribution is 2.23. The number of carbonyl (C=O) groups is 1. The summed E-state index contributed by atoms with van der Waals surface area (Å²) in [6.45, 7) is 2.81. The van der Waals surface area contributed by atoms with Gasteiger partial charge in [0.15, 0.2) is 0 Å². The molecule has 1 atom stereocenters. The van der Waals surface area contributed by atoms with Crippen molar-refractivity contribution in [3.8, 4) is 6.07 Å². The number of piperazine rings is 1. The van der Waals surface area contributed by atoms with E-state index in [1.165, 1.54) is 28.6 Å². The Hall–Kier alpha value is -2.69. The first kappa shape index (κ1) is 19.1. The second kappa shape index (κ2) is 7.91. The Morgan fingerprint density at radius 3 is 2.37 bits per heavy atom. The van der Waals surface area contributed by atoms with Gasteiger partial charge >= 0.3 is 0 Å². The summed E-state index contributed by atoms with van der Waals surface area (Å²) in [5, 5.41) is 8.87. The Kier molecular flexibility index (Phi) is 5.59. The Morgan fingerprint density at radius 1 is 1.11 bits per heavy atom. The summed E-state index contributed by atoms with van der Waals surface area (Å²) in [7, 11) is -3.66. The van der Waals surface area contributed by atoms with Crippen molar-refractivity contribution in [3.05, 3.63) is 65.7 Å². The zero-order chi connectivity index (χ0) is 19.4. The molecule has 140 valence electrons. The zero-order valence-electron chi connectivity index (χ0n) is 15.1. The van der Waals surface area contributed by atoms with Crippen molar-refractivity contribution in [2.24, 2.45) is 0 Å². The molecule has 0 N–H and O–H groups in total. The number of nitrogens with zero attached hydrogens (tertiary/aromatic N) is 3. The number of nitriles is 1. The fourth-order valence-corrected chi connectivity index (χ4v) is 4.73. The van der Waals surface area contributed by atoms with E-state index in [9.17, 15) is 13.2 Å². The van der Waals surface area contributed by atoms with Crippen LogP contribution in [0.3, 0.4) is 0 Å². The fraction of sp³-hybridized carbons (Fsp3) is 0.300. The summed E-state index contributed by atoms with van der Waals surface area (Å²) in [4.78, 5) is 14.7. The van der Waals surface area contributed by atoms with E-state index in [2.05, 4.69) is 0 Å². The summed E-state index contributed by atoms with van der Waals surface area (Å²) >= 11 is 0. The van der Waals surface area contributed by atoms with Gasteiger partial charge in [0.25, 0.3) is 5.91 Å². The molecule has 1 unspecified atom stereocenters.